The number of hydrogen-bond acceptors (Lipinski definition) is 10. The van der Waals surface area contributed by atoms with Crippen LogP contribution >= 0.6 is 11.3 Å². The van der Waals surface area contributed by atoms with Crippen LogP contribution in [0.25, 0.3) is 10.3 Å². The van der Waals surface area contributed by atoms with E-state index in [1.54, 1.807) is 0 Å². The Morgan fingerprint density at radius 3 is 2.82 bits per heavy atom. The molecule has 3 heterocycles. The van der Waals surface area contributed by atoms with Crippen LogP contribution in [0.15, 0.2) is 4.79 Å². The van der Waals surface area contributed by atoms with E-state index in [9.17, 15) is 20.1 Å². The highest BCUT2D eigenvalue weighted by Crippen LogP contribution is 2.35. The van der Waals surface area contributed by atoms with E-state index in [4.69, 9.17) is 15.2 Å². The van der Waals surface area contributed by atoms with E-state index >= 15 is 0 Å². The van der Waals surface area contributed by atoms with Crippen molar-refractivity contribution in [3.05, 3.63) is 9.67 Å². The van der Waals surface area contributed by atoms with E-state index in [1.807, 2.05) is 0 Å². The molecule has 120 valence electrons. The minimum absolute atomic E-state index is 0.0570. The maximum atomic E-state index is 12.4. The van der Waals surface area contributed by atoms with Crippen LogP contribution in [0.5, 0.6) is 5.88 Å². The summed E-state index contributed by atoms with van der Waals surface area (Å²) in [6.07, 6.45) is -2.75. The molecule has 0 unspecified atom stereocenters. The Morgan fingerprint density at radius 1 is 1.55 bits per heavy atom. The van der Waals surface area contributed by atoms with Gasteiger partial charge in [-0.05, 0) is 0 Å². The summed E-state index contributed by atoms with van der Waals surface area (Å²) in [7, 11) is 1.36. The van der Waals surface area contributed by atoms with Gasteiger partial charge >= 0.3 is 4.87 Å². The molecule has 0 bridgehead atoms. The van der Waals surface area contributed by atoms with Crippen molar-refractivity contribution in [1.29, 1.82) is 0 Å². The molecule has 5 N–H and O–H groups in total. The molecular formula is C11H14N4O6S. The zero-order chi connectivity index (χ0) is 16.1. The summed E-state index contributed by atoms with van der Waals surface area (Å²) in [5, 5.41) is 29.6. The molecule has 0 amide bonds. The first kappa shape index (κ1) is 15.1. The number of thiazole rings is 1. The lowest BCUT2D eigenvalue weighted by Gasteiger charge is -2.30. The predicted octanol–water partition coefficient (Wildman–Crippen LogP) is -2.16. The molecule has 1 aliphatic heterocycles. The Kier molecular flexibility index (Phi) is 3.53. The van der Waals surface area contributed by atoms with E-state index in [2.05, 4.69) is 9.97 Å². The number of methoxy groups -OCH3 is 1. The van der Waals surface area contributed by atoms with Crippen LogP contribution < -0.4 is 15.3 Å². The highest BCUT2D eigenvalue weighted by molar-refractivity contribution is 7.16. The van der Waals surface area contributed by atoms with E-state index in [0.29, 0.717) is 4.70 Å². The third-order valence-electron chi connectivity index (χ3n) is 3.55. The van der Waals surface area contributed by atoms with Crippen LogP contribution in [0.4, 0.5) is 5.95 Å². The van der Waals surface area contributed by atoms with Gasteiger partial charge < -0.3 is 30.5 Å². The highest BCUT2D eigenvalue weighted by Gasteiger charge is 2.52. The summed E-state index contributed by atoms with van der Waals surface area (Å²) in [5.41, 5.74) is 3.82. The molecule has 3 atom stereocenters. The number of nitrogens with zero attached hydrogens (tertiary/aromatic N) is 3. The molecule has 2 aromatic heterocycles. The largest absolute Gasteiger partial charge is 0.480 e. The first-order valence-electron chi connectivity index (χ1n) is 6.29. The number of aliphatic hydroxyl groups excluding tert-OH is 3. The molecule has 10 nitrogen and oxygen atoms in total. The Balaban J connectivity index is 2.33. The lowest BCUT2D eigenvalue weighted by molar-refractivity contribution is -0.150. The third kappa shape index (κ3) is 1.90. The second-order valence-electron chi connectivity index (χ2n) is 4.77. The Labute approximate surface area is 127 Å². The molecule has 1 aliphatic rings. The van der Waals surface area contributed by atoms with Crippen molar-refractivity contribution in [2.75, 3.05) is 26.1 Å². The molecule has 3 rings (SSSR count). The number of ether oxygens (including phenoxy) is 2. The lowest BCUT2D eigenvalue weighted by atomic mass is 10.1. The van der Waals surface area contributed by atoms with Gasteiger partial charge in [0.15, 0.2) is 5.65 Å². The summed E-state index contributed by atoms with van der Waals surface area (Å²) < 4.78 is 11.7. The fourth-order valence-electron chi connectivity index (χ4n) is 2.48. The van der Waals surface area contributed by atoms with Crippen LogP contribution in [0.1, 0.15) is 0 Å². The summed E-state index contributed by atoms with van der Waals surface area (Å²) in [6, 6.07) is 0. The molecule has 0 aromatic carbocycles. The van der Waals surface area contributed by atoms with Gasteiger partial charge in [0.1, 0.15) is 16.9 Å². The smallest absolute Gasteiger partial charge is 0.312 e. The Morgan fingerprint density at radius 2 is 2.27 bits per heavy atom. The molecule has 0 aliphatic carbocycles. The zero-order valence-corrected chi connectivity index (χ0v) is 12.3. The fourth-order valence-corrected chi connectivity index (χ4v) is 3.43. The van der Waals surface area contributed by atoms with Crippen molar-refractivity contribution < 1.29 is 24.8 Å². The Hall–Kier alpha value is -1.79. The topological polar surface area (TPSA) is 153 Å². The van der Waals surface area contributed by atoms with Gasteiger partial charge in [0.25, 0.3) is 0 Å². The second kappa shape index (κ2) is 5.14. The summed E-state index contributed by atoms with van der Waals surface area (Å²) in [4.78, 5) is 19.6. The van der Waals surface area contributed by atoms with Gasteiger partial charge in [-0.3, -0.25) is 4.79 Å². The normalized spacial score (nSPS) is 28.4. The first-order chi connectivity index (χ1) is 10.4. The van der Waals surface area contributed by atoms with Crippen molar-refractivity contribution in [3.8, 4) is 5.88 Å². The van der Waals surface area contributed by atoms with Crippen molar-refractivity contribution in [3.63, 3.8) is 0 Å². The van der Waals surface area contributed by atoms with Gasteiger partial charge in [-0.1, -0.05) is 11.3 Å². The maximum absolute atomic E-state index is 12.4. The monoisotopic (exact) mass is 330 g/mol. The molecule has 0 saturated carbocycles. The van der Waals surface area contributed by atoms with E-state index in [0.717, 1.165) is 15.9 Å². The molecule has 0 spiro atoms. The van der Waals surface area contributed by atoms with Gasteiger partial charge in [0, 0.05) is 0 Å². The molecule has 1 fully saturated rings. The number of rotatable bonds is 3. The minimum Gasteiger partial charge on any atom is -0.480 e. The first-order valence-corrected chi connectivity index (χ1v) is 7.10. The number of aromatic nitrogens is 3. The molecule has 22 heavy (non-hydrogen) atoms. The molecule has 0 radical (unpaired) electrons. The number of nitrogen functional groups attached to an aromatic ring is 1. The van der Waals surface area contributed by atoms with Crippen molar-refractivity contribution in [2.24, 2.45) is 0 Å². The number of fused-ring (bicyclic) bond motifs is 1. The second-order valence-corrected chi connectivity index (χ2v) is 5.73. The lowest BCUT2D eigenvalue weighted by Crippen LogP contribution is -2.51. The van der Waals surface area contributed by atoms with E-state index < -0.39 is 29.4 Å². The standard InChI is InChI=1S/C11H14N4O6S/c1-20-8-5-7(13-9(12)14-8)15(10(19)22-5)11(3-16)6(18)4(17)2-21-11/h4,6,16-18H,2-3H2,1H3,(H2,12,13,14)/t4-,6-,11-/m0/s1. The number of aliphatic hydroxyl groups is 3. The van der Waals surface area contributed by atoms with Crippen LogP contribution in [0.3, 0.4) is 0 Å². The quantitative estimate of drug-likeness (QED) is 0.493. The Bertz CT molecular complexity index is 776. The number of hydrogen-bond donors (Lipinski definition) is 4. The van der Waals surface area contributed by atoms with Gasteiger partial charge in [0.05, 0.1) is 20.3 Å². The van der Waals surface area contributed by atoms with Gasteiger partial charge in [-0.25, -0.2) is 4.57 Å². The summed E-state index contributed by atoms with van der Waals surface area (Å²) in [6.45, 7) is -0.966. The molecule has 1 saturated heterocycles. The average Bonchev–Trinajstić information content (AvgIpc) is 2.97. The maximum Gasteiger partial charge on any atom is 0.312 e. The van der Waals surface area contributed by atoms with Crippen LogP contribution in [-0.2, 0) is 10.5 Å². The fraction of sp³-hybridized carbons (Fsp3) is 0.545. The average molecular weight is 330 g/mol. The SMILES string of the molecule is COc1nc(N)nc2c1sc(=O)n2[C@@]1(CO)OC[C@H](O)[C@@H]1O. The molecular weight excluding hydrogens is 316 g/mol. The minimum atomic E-state index is -1.83. The zero-order valence-electron chi connectivity index (χ0n) is 11.5. The van der Waals surface area contributed by atoms with Crippen LogP contribution in [-0.4, -0.2) is 62.4 Å². The van der Waals surface area contributed by atoms with Crippen LogP contribution in [0.2, 0.25) is 0 Å². The van der Waals surface area contributed by atoms with E-state index in [-0.39, 0.29) is 24.1 Å². The van der Waals surface area contributed by atoms with Gasteiger partial charge in [-0.2, -0.15) is 9.97 Å². The van der Waals surface area contributed by atoms with Gasteiger partial charge in [0.2, 0.25) is 17.6 Å². The third-order valence-corrected chi connectivity index (χ3v) is 4.47. The molecule has 2 aromatic rings. The highest BCUT2D eigenvalue weighted by atomic mass is 32.1. The number of anilines is 1. The van der Waals surface area contributed by atoms with Crippen molar-refractivity contribution in [1.82, 2.24) is 14.5 Å². The van der Waals surface area contributed by atoms with Crippen molar-refractivity contribution >= 4 is 27.6 Å². The summed E-state index contributed by atoms with van der Waals surface area (Å²) in [5.74, 6) is -0.0403. The van der Waals surface area contributed by atoms with Gasteiger partial charge in [-0.15, -0.1) is 0 Å². The number of nitrogens with two attached hydrogens (primary N) is 1. The predicted molar refractivity (Wildman–Crippen MR) is 75.7 cm³/mol. The summed E-state index contributed by atoms with van der Waals surface area (Å²) >= 11 is 0.761. The molecule has 11 heteroatoms. The van der Waals surface area contributed by atoms with E-state index in [1.165, 1.54) is 7.11 Å². The van der Waals surface area contributed by atoms with Crippen molar-refractivity contribution in [2.45, 2.75) is 17.9 Å². The van der Waals surface area contributed by atoms with Crippen LogP contribution in [0, 0.1) is 0 Å².